The van der Waals surface area contributed by atoms with Crippen molar-refractivity contribution in [3.8, 4) is 12.1 Å². The third-order valence-corrected chi connectivity index (χ3v) is 3.70. The van der Waals surface area contributed by atoms with Gasteiger partial charge in [-0.1, -0.05) is 66.7 Å². The van der Waals surface area contributed by atoms with Crippen molar-refractivity contribution in [2.45, 2.75) is 31.6 Å². The summed E-state index contributed by atoms with van der Waals surface area (Å²) < 4.78 is 0. The van der Waals surface area contributed by atoms with Crippen molar-refractivity contribution < 1.29 is 0 Å². The van der Waals surface area contributed by atoms with Gasteiger partial charge in [0.1, 0.15) is 0 Å². The average molecular weight is 302 g/mol. The number of nitrogens with zero attached hydrogens (tertiary/aromatic N) is 2. The van der Waals surface area contributed by atoms with E-state index in [1.807, 2.05) is 74.5 Å². The molecule has 0 aromatic heterocycles. The third-order valence-electron chi connectivity index (χ3n) is 3.70. The zero-order valence-electron chi connectivity index (χ0n) is 13.7. The van der Waals surface area contributed by atoms with Gasteiger partial charge < -0.3 is 0 Å². The summed E-state index contributed by atoms with van der Waals surface area (Å²) in [6.45, 7) is 7.50. The number of hydrogen-bond acceptors (Lipinski definition) is 2. The van der Waals surface area contributed by atoms with Gasteiger partial charge in [-0.3, -0.25) is 0 Å². The van der Waals surface area contributed by atoms with Gasteiger partial charge in [0.05, 0.1) is 23.5 Å². The molecule has 0 aliphatic carbocycles. The second-order valence-corrected chi connectivity index (χ2v) is 5.56. The predicted molar refractivity (Wildman–Crippen MR) is 94.7 cm³/mol. The van der Waals surface area contributed by atoms with Crippen LogP contribution in [-0.2, 0) is 5.41 Å². The summed E-state index contributed by atoms with van der Waals surface area (Å²) in [5.74, 6) is 0.0150. The maximum absolute atomic E-state index is 9.07. The minimum Gasteiger partial charge on any atom is -0.198 e. The number of nitriles is 2. The Morgan fingerprint density at radius 1 is 1.04 bits per heavy atom. The molecule has 0 N–H and O–H groups in total. The van der Waals surface area contributed by atoms with E-state index >= 15 is 0 Å². The Kier molecular flexibility index (Phi) is 7.31. The molecule has 2 rings (SSSR count). The lowest BCUT2D eigenvalue weighted by molar-refractivity contribution is 0.622. The molecule has 0 aliphatic rings. The number of rotatable bonds is 4. The van der Waals surface area contributed by atoms with Crippen LogP contribution in [-0.4, -0.2) is 0 Å². The molecule has 0 saturated carbocycles. The Bertz CT molecular complexity index is 677. The van der Waals surface area contributed by atoms with Crippen molar-refractivity contribution in [1.29, 1.82) is 10.5 Å². The molecule has 0 amide bonds. The standard InChI is InChI=1S/C12H13N.C9H9N/c1-3-9-12(2,10-13)11-7-5-4-6-8-11;1-8(7-10)9-5-3-2-4-6-9/h3-8H,1,9H2,2H3;2-6,8H,1H3. The normalized spacial score (nSPS) is 13.2. The van der Waals surface area contributed by atoms with Crippen molar-refractivity contribution in [2.24, 2.45) is 0 Å². The molecule has 0 aliphatic heterocycles. The van der Waals surface area contributed by atoms with Gasteiger partial charge in [-0.25, -0.2) is 0 Å². The summed E-state index contributed by atoms with van der Waals surface area (Å²) in [4.78, 5) is 0. The third kappa shape index (κ3) is 5.46. The Morgan fingerprint density at radius 2 is 1.57 bits per heavy atom. The zero-order chi connectivity index (χ0) is 17.1. The molecule has 0 radical (unpaired) electrons. The maximum Gasteiger partial charge on any atom is 0.0828 e. The molecule has 2 nitrogen and oxygen atoms in total. The van der Waals surface area contributed by atoms with E-state index in [1.165, 1.54) is 0 Å². The molecule has 2 heteroatoms. The van der Waals surface area contributed by atoms with Crippen LogP contribution in [0.4, 0.5) is 0 Å². The Balaban J connectivity index is 0.000000238. The lowest BCUT2D eigenvalue weighted by Gasteiger charge is -2.19. The first-order valence-corrected chi connectivity index (χ1v) is 7.59. The van der Waals surface area contributed by atoms with E-state index in [0.29, 0.717) is 6.42 Å². The summed E-state index contributed by atoms with van der Waals surface area (Å²) in [7, 11) is 0. The fourth-order valence-corrected chi connectivity index (χ4v) is 2.14. The molecule has 2 aromatic rings. The van der Waals surface area contributed by atoms with Crippen molar-refractivity contribution in [2.75, 3.05) is 0 Å². The molecule has 2 aromatic carbocycles. The van der Waals surface area contributed by atoms with Gasteiger partial charge in [0, 0.05) is 0 Å². The largest absolute Gasteiger partial charge is 0.198 e. The van der Waals surface area contributed by atoms with E-state index in [2.05, 4.69) is 18.7 Å². The molecular formula is C21H22N2. The topological polar surface area (TPSA) is 47.6 Å². The first-order valence-electron chi connectivity index (χ1n) is 7.59. The summed E-state index contributed by atoms with van der Waals surface area (Å²) in [6.07, 6.45) is 2.48. The number of allylic oxidation sites excluding steroid dienone is 1. The quantitative estimate of drug-likeness (QED) is 0.714. The van der Waals surface area contributed by atoms with E-state index in [9.17, 15) is 0 Å². The smallest absolute Gasteiger partial charge is 0.0828 e. The minimum absolute atomic E-state index is 0.0150. The lowest BCUT2D eigenvalue weighted by atomic mass is 9.81. The van der Waals surface area contributed by atoms with E-state index < -0.39 is 5.41 Å². The Hall–Kier alpha value is -2.84. The van der Waals surface area contributed by atoms with Crippen LogP contribution >= 0.6 is 0 Å². The van der Waals surface area contributed by atoms with Gasteiger partial charge in [0.25, 0.3) is 0 Å². The fourth-order valence-electron chi connectivity index (χ4n) is 2.14. The van der Waals surface area contributed by atoms with Crippen LogP contribution in [0.25, 0.3) is 0 Å². The monoisotopic (exact) mass is 302 g/mol. The van der Waals surface area contributed by atoms with E-state index in [0.717, 1.165) is 11.1 Å². The van der Waals surface area contributed by atoms with Gasteiger partial charge in [0.2, 0.25) is 0 Å². The Morgan fingerprint density at radius 3 is 2.00 bits per heavy atom. The van der Waals surface area contributed by atoms with Crippen LogP contribution in [0.1, 0.15) is 37.3 Å². The van der Waals surface area contributed by atoms with Crippen LogP contribution in [0.3, 0.4) is 0 Å². The second kappa shape index (κ2) is 9.23. The van der Waals surface area contributed by atoms with Gasteiger partial charge in [-0.05, 0) is 31.4 Å². The molecule has 0 fully saturated rings. The summed E-state index contributed by atoms with van der Waals surface area (Å²) in [5, 5.41) is 17.6. The highest BCUT2D eigenvalue weighted by molar-refractivity contribution is 5.31. The number of benzene rings is 2. The fraction of sp³-hybridized carbons (Fsp3) is 0.238. The molecule has 0 bridgehead atoms. The van der Waals surface area contributed by atoms with Crippen molar-refractivity contribution >= 4 is 0 Å². The zero-order valence-corrected chi connectivity index (χ0v) is 13.7. The highest BCUT2D eigenvalue weighted by Crippen LogP contribution is 2.26. The number of hydrogen-bond donors (Lipinski definition) is 0. The average Bonchev–Trinajstić information content (AvgIpc) is 2.63. The molecular weight excluding hydrogens is 280 g/mol. The van der Waals surface area contributed by atoms with Crippen LogP contribution in [0.5, 0.6) is 0 Å². The van der Waals surface area contributed by atoms with Gasteiger partial charge in [0.15, 0.2) is 0 Å². The molecule has 0 spiro atoms. The van der Waals surface area contributed by atoms with Crippen LogP contribution < -0.4 is 0 Å². The van der Waals surface area contributed by atoms with E-state index in [1.54, 1.807) is 6.08 Å². The minimum atomic E-state index is -0.428. The summed E-state index contributed by atoms with van der Waals surface area (Å²) in [5.41, 5.74) is 1.71. The summed E-state index contributed by atoms with van der Waals surface area (Å²) in [6, 6.07) is 24.1. The lowest BCUT2D eigenvalue weighted by Crippen LogP contribution is -2.17. The molecule has 0 heterocycles. The van der Waals surface area contributed by atoms with Gasteiger partial charge in [-0.2, -0.15) is 10.5 Å². The van der Waals surface area contributed by atoms with Crippen molar-refractivity contribution in [1.82, 2.24) is 0 Å². The van der Waals surface area contributed by atoms with Crippen LogP contribution in [0.2, 0.25) is 0 Å². The first kappa shape index (κ1) is 18.2. The van der Waals surface area contributed by atoms with E-state index in [-0.39, 0.29) is 5.92 Å². The van der Waals surface area contributed by atoms with Gasteiger partial charge >= 0.3 is 0 Å². The van der Waals surface area contributed by atoms with Crippen molar-refractivity contribution in [3.63, 3.8) is 0 Å². The molecule has 2 atom stereocenters. The molecule has 116 valence electrons. The molecule has 2 unspecified atom stereocenters. The maximum atomic E-state index is 9.07. The van der Waals surface area contributed by atoms with E-state index in [4.69, 9.17) is 10.5 Å². The second-order valence-electron chi connectivity index (χ2n) is 5.56. The highest BCUT2D eigenvalue weighted by atomic mass is 14.3. The predicted octanol–water partition coefficient (Wildman–Crippen LogP) is 5.36. The highest BCUT2D eigenvalue weighted by Gasteiger charge is 2.23. The van der Waals surface area contributed by atoms with Crippen molar-refractivity contribution in [3.05, 3.63) is 84.4 Å². The first-order chi connectivity index (χ1) is 11.1. The van der Waals surface area contributed by atoms with Crippen LogP contribution in [0.15, 0.2) is 73.3 Å². The SMILES string of the molecule is C=CCC(C)(C#N)c1ccccc1.CC(C#N)c1ccccc1. The Labute approximate surface area is 139 Å². The van der Waals surface area contributed by atoms with Gasteiger partial charge in [-0.15, -0.1) is 6.58 Å². The molecule has 23 heavy (non-hydrogen) atoms. The van der Waals surface area contributed by atoms with Crippen LogP contribution in [0, 0.1) is 22.7 Å². The molecule has 0 saturated heterocycles. The summed E-state index contributed by atoms with van der Waals surface area (Å²) >= 11 is 0.